The molecule has 1 aromatic rings. The van der Waals surface area contributed by atoms with Gasteiger partial charge in [0.15, 0.2) is 22.6 Å². The van der Waals surface area contributed by atoms with E-state index < -0.39 is 11.1 Å². The molecule has 0 spiro atoms. The molecule has 0 amide bonds. The van der Waals surface area contributed by atoms with Crippen LogP contribution in [0.1, 0.15) is 5.56 Å². The molecule has 0 saturated carbocycles. The zero-order valence-electron chi connectivity index (χ0n) is 7.77. The van der Waals surface area contributed by atoms with Gasteiger partial charge in [-0.25, -0.2) is 4.21 Å². The van der Waals surface area contributed by atoms with Crippen molar-refractivity contribution >= 4 is 11.1 Å². The van der Waals surface area contributed by atoms with Crippen molar-refractivity contribution < 1.29 is 18.6 Å². The molecule has 1 rings (SSSR count). The highest BCUT2D eigenvalue weighted by Crippen LogP contribution is 2.26. The lowest BCUT2D eigenvalue weighted by Crippen LogP contribution is -1.99. The van der Waals surface area contributed by atoms with Gasteiger partial charge in [0.1, 0.15) is 0 Å². The normalized spacial score (nSPS) is 12.4. The average Bonchev–Trinajstić information content (AvgIpc) is 2.15. The van der Waals surface area contributed by atoms with Gasteiger partial charge in [-0.15, -0.1) is 0 Å². The van der Waals surface area contributed by atoms with Crippen molar-refractivity contribution in [1.82, 2.24) is 0 Å². The Morgan fingerprint density at radius 1 is 1.50 bits per heavy atom. The molecule has 0 aliphatic rings. The van der Waals surface area contributed by atoms with E-state index in [9.17, 15) is 9.32 Å². The Bertz CT molecular complexity index is 338. The third-order valence-corrected chi connectivity index (χ3v) is 2.36. The van der Waals surface area contributed by atoms with Crippen molar-refractivity contribution in [1.29, 1.82) is 0 Å². The maximum absolute atomic E-state index is 10.4. The molecule has 0 heterocycles. The molecule has 4 nitrogen and oxygen atoms in total. The van der Waals surface area contributed by atoms with Gasteiger partial charge in [0.05, 0.1) is 12.9 Å². The van der Waals surface area contributed by atoms with E-state index in [-0.39, 0.29) is 11.5 Å². The SMILES string of the molecule is COc1ccc(CCS(=O)O)cc1O. The van der Waals surface area contributed by atoms with Gasteiger partial charge in [-0.3, -0.25) is 0 Å². The molecule has 0 bridgehead atoms. The number of methoxy groups -OCH3 is 1. The van der Waals surface area contributed by atoms with Crippen LogP contribution in [0.4, 0.5) is 0 Å². The van der Waals surface area contributed by atoms with Gasteiger partial charge in [-0.2, -0.15) is 0 Å². The summed E-state index contributed by atoms with van der Waals surface area (Å²) < 4.78 is 23.8. The number of phenolic OH excluding ortho intramolecular Hbond substituents is 1. The number of hydrogen-bond acceptors (Lipinski definition) is 3. The second-order valence-electron chi connectivity index (χ2n) is 2.78. The van der Waals surface area contributed by atoms with Crippen molar-refractivity contribution in [3.8, 4) is 11.5 Å². The van der Waals surface area contributed by atoms with Crippen molar-refractivity contribution in [2.75, 3.05) is 12.9 Å². The highest BCUT2D eigenvalue weighted by molar-refractivity contribution is 7.79. The Balaban J connectivity index is 2.71. The van der Waals surface area contributed by atoms with Crippen LogP contribution >= 0.6 is 0 Å². The van der Waals surface area contributed by atoms with Gasteiger partial charge in [-0.05, 0) is 24.1 Å². The number of aryl methyl sites for hydroxylation is 1. The average molecular weight is 216 g/mol. The maximum atomic E-state index is 10.4. The fourth-order valence-electron chi connectivity index (χ4n) is 1.10. The first-order valence-electron chi connectivity index (χ1n) is 4.07. The fraction of sp³-hybridized carbons (Fsp3) is 0.333. The lowest BCUT2D eigenvalue weighted by Gasteiger charge is -2.05. The lowest BCUT2D eigenvalue weighted by atomic mass is 10.1. The molecule has 14 heavy (non-hydrogen) atoms. The summed E-state index contributed by atoms with van der Waals surface area (Å²) in [5, 5.41) is 9.39. The van der Waals surface area contributed by atoms with Crippen LogP contribution in [0.25, 0.3) is 0 Å². The number of phenols is 1. The number of rotatable bonds is 4. The van der Waals surface area contributed by atoms with E-state index in [1.165, 1.54) is 13.2 Å². The van der Waals surface area contributed by atoms with Gasteiger partial charge < -0.3 is 14.4 Å². The van der Waals surface area contributed by atoms with E-state index in [4.69, 9.17) is 9.29 Å². The Morgan fingerprint density at radius 3 is 2.71 bits per heavy atom. The van der Waals surface area contributed by atoms with E-state index in [1.54, 1.807) is 12.1 Å². The number of hydrogen-bond donors (Lipinski definition) is 2. The van der Waals surface area contributed by atoms with E-state index >= 15 is 0 Å². The summed E-state index contributed by atoms with van der Waals surface area (Å²) in [5.74, 6) is 0.624. The number of aromatic hydroxyl groups is 1. The van der Waals surface area contributed by atoms with Crippen molar-refractivity contribution in [2.45, 2.75) is 6.42 Å². The second kappa shape index (κ2) is 4.97. The fourth-order valence-corrected chi connectivity index (χ4v) is 1.51. The van der Waals surface area contributed by atoms with E-state index in [2.05, 4.69) is 0 Å². The van der Waals surface area contributed by atoms with Crippen molar-refractivity contribution in [2.24, 2.45) is 0 Å². The van der Waals surface area contributed by atoms with Gasteiger partial charge in [-0.1, -0.05) is 6.07 Å². The van der Waals surface area contributed by atoms with Crippen LogP contribution in [0.15, 0.2) is 18.2 Å². The molecule has 0 aliphatic carbocycles. The molecule has 1 aromatic carbocycles. The third-order valence-electron chi connectivity index (χ3n) is 1.81. The summed E-state index contributed by atoms with van der Waals surface area (Å²) in [6, 6.07) is 4.92. The molecule has 2 N–H and O–H groups in total. The van der Waals surface area contributed by atoms with Crippen LogP contribution in [0.5, 0.6) is 11.5 Å². The predicted molar refractivity (Wildman–Crippen MR) is 54.0 cm³/mol. The summed E-state index contributed by atoms with van der Waals surface area (Å²) in [6.45, 7) is 0. The minimum absolute atomic E-state index is 0.0497. The molecule has 5 heteroatoms. The molecule has 0 aliphatic heterocycles. The largest absolute Gasteiger partial charge is 0.504 e. The number of ether oxygens (including phenoxy) is 1. The predicted octanol–water partition coefficient (Wildman–Crippen LogP) is 1.16. The zero-order valence-corrected chi connectivity index (χ0v) is 8.58. The highest BCUT2D eigenvalue weighted by Gasteiger charge is 2.03. The molecular formula is C9H12O4S. The van der Waals surface area contributed by atoms with Crippen molar-refractivity contribution in [3.05, 3.63) is 23.8 Å². The van der Waals surface area contributed by atoms with Gasteiger partial charge in [0.2, 0.25) is 0 Å². The molecule has 78 valence electrons. The van der Waals surface area contributed by atoms with Crippen LogP contribution in [0, 0.1) is 0 Å². The molecule has 0 saturated heterocycles. The van der Waals surface area contributed by atoms with Crippen LogP contribution in [0.2, 0.25) is 0 Å². The molecular weight excluding hydrogens is 204 g/mol. The monoisotopic (exact) mass is 216 g/mol. The Labute approximate surface area is 84.8 Å². The second-order valence-corrected chi connectivity index (χ2v) is 3.83. The van der Waals surface area contributed by atoms with Gasteiger partial charge in [0, 0.05) is 0 Å². The molecule has 0 aromatic heterocycles. The van der Waals surface area contributed by atoms with Crippen LogP contribution < -0.4 is 4.74 Å². The Hall–Kier alpha value is -1.07. The standard InChI is InChI=1S/C9H12O4S/c1-13-9-3-2-7(6-8(9)10)4-5-14(11)12/h2-3,6,10H,4-5H2,1H3,(H,11,12). The smallest absolute Gasteiger partial charge is 0.160 e. The first-order chi connectivity index (χ1) is 6.63. The quantitative estimate of drug-likeness (QED) is 0.741. The van der Waals surface area contributed by atoms with Gasteiger partial charge >= 0.3 is 0 Å². The Kier molecular flexibility index (Phi) is 3.91. The van der Waals surface area contributed by atoms with Crippen molar-refractivity contribution in [3.63, 3.8) is 0 Å². The highest BCUT2D eigenvalue weighted by atomic mass is 32.2. The summed E-state index contributed by atoms with van der Waals surface area (Å²) in [4.78, 5) is 0. The first kappa shape index (κ1) is 11.0. The third kappa shape index (κ3) is 3.01. The summed E-state index contributed by atoms with van der Waals surface area (Å²) >= 11 is -1.79. The topological polar surface area (TPSA) is 66.8 Å². The minimum atomic E-state index is -1.79. The van der Waals surface area contributed by atoms with E-state index in [1.807, 2.05) is 0 Å². The van der Waals surface area contributed by atoms with E-state index in [0.717, 1.165) is 5.56 Å². The number of benzene rings is 1. The van der Waals surface area contributed by atoms with Gasteiger partial charge in [0.25, 0.3) is 0 Å². The molecule has 0 fully saturated rings. The first-order valence-corrected chi connectivity index (χ1v) is 5.34. The van der Waals surface area contributed by atoms with Crippen LogP contribution in [-0.2, 0) is 17.5 Å². The summed E-state index contributed by atoms with van der Waals surface area (Å²) in [5.41, 5.74) is 0.811. The minimum Gasteiger partial charge on any atom is -0.504 e. The van der Waals surface area contributed by atoms with Crippen LogP contribution in [0.3, 0.4) is 0 Å². The zero-order chi connectivity index (χ0) is 10.6. The maximum Gasteiger partial charge on any atom is 0.160 e. The summed E-state index contributed by atoms with van der Waals surface area (Å²) in [7, 11) is 1.47. The summed E-state index contributed by atoms with van der Waals surface area (Å²) in [6.07, 6.45) is 0.459. The Morgan fingerprint density at radius 2 is 2.21 bits per heavy atom. The molecule has 1 unspecified atom stereocenters. The molecule has 0 radical (unpaired) electrons. The lowest BCUT2D eigenvalue weighted by molar-refractivity contribution is 0.373. The van der Waals surface area contributed by atoms with E-state index in [0.29, 0.717) is 12.2 Å². The van der Waals surface area contributed by atoms with Crippen LogP contribution in [-0.4, -0.2) is 26.7 Å². The molecule has 1 atom stereocenters.